The minimum absolute atomic E-state index is 0.0578. The number of carbonyl (C=O) groups is 2. The van der Waals surface area contributed by atoms with E-state index < -0.39 is 0 Å². The summed E-state index contributed by atoms with van der Waals surface area (Å²) >= 11 is 0. The van der Waals surface area contributed by atoms with Gasteiger partial charge < -0.3 is 14.8 Å². The summed E-state index contributed by atoms with van der Waals surface area (Å²) in [6, 6.07) is 0.157. The predicted octanol–water partition coefficient (Wildman–Crippen LogP) is -0.129. The quantitative estimate of drug-likeness (QED) is 0.599. The summed E-state index contributed by atoms with van der Waals surface area (Å²) in [6.45, 7) is 1.32. The van der Waals surface area contributed by atoms with Crippen LogP contribution in [-0.2, 0) is 14.3 Å². The van der Waals surface area contributed by atoms with Crippen molar-refractivity contribution in [2.45, 2.75) is 25.3 Å². The van der Waals surface area contributed by atoms with Gasteiger partial charge in [0.2, 0.25) is 5.91 Å². The summed E-state index contributed by atoms with van der Waals surface area (Å²) in [4.78, 5) is 21.0. The third-order valence-corrected chi connectivity index (χ3v) is 1.78. The van der Waals surface area contributed by atoms with Gasteiger partial charge in [-0.25, -0.2) is 0 Å². The Hall–Kier alpha value is -0.900. The van der Waals surface area contributed by atoms with E-state index in [9.17, 15) is 9.59 Å². The molecule has 1 aliphatic rings. The van der Waals surface area contributed by atoms with Crippen molar-refractivity contribution in [3.8, 4) is 0 Å². The Morgan fingerprint density at radius 2 is 2.50 bits per heavy atom. The van der Waals surface area contributed by atoms with Crippen molar-refractivity contribution in [1.82, 2.24) is 5.32 Å². The second kappa shape index (κ2) is 4.87. The van der Waals surface area contributed by atoms with Gasteiger partial charge in [0.1, 0.15) is 6.29 Å². The van der Waals surface area contributed by atoms with Crippen LogP contribution in [0.1, 0.15) is 19.3 Å². The molecular formula is C8H13NO3. The van der Waals surface area contributed by atoms with Crippen LogP contribution in [0, 0.1) is 0 Å². The number of ether oxygens (including phenoxy) is 1. The maximum atomic E-state index is 11.0. The van der Waals surface area contributed by atoms with Crippen molar-refractivity contribution in [3.63, 3.8) is 0 Å². The van der Waals surface area contributed by atoms with Gasteiger partial charge in [-0.1, -0.05) is 0 Å². The Labute approximate surface area is 71.3 Å². The number of amides is 1. The maximum absolute atomic E-state index is 11.0. The van der Waals surface area contributed by atoms with Crippen LogP contribution in [0.15, 0.2) is 0 Å². The van der Waals surface area contributed by atoms with Crippen molar-refractivity contribution in [3.05, 3.63) is 0 Å². The minimum atomic E-state index is -0.0578. The lowest BCUT2D eigenvalue weighted by atomic mass is 10.2. The molecule has 0 aromatic heterocycles. The van der Waals surface area contributed by atoms with E-state index in [1.54, 1.807) is 0 Å². The molecule has 1 heterocycles. The molecule has 4 nitrogen and oxygen atoms in total. The van der Waals surface area contributed by atoms with Gasteiger partial charge in [0.25, 0.3) is 0 Å². The van der Waals surface area contributed by atoms with Crippen LogP contribution in [0.4, 0.5) is 0 Å². The first-order valence-corrected chi connectivity index (χ1v) is 4.13. The minimum Gasteiger partial charge on any atom is -0.379 e. The molecule has 1 saturated heterocycles. The van der Waals surface area contributed by atoms with Gasteiger partial charge in [0.15, 0.2) is 0 Å². The van der Waals surface area contributed by atoms with Crippen LogP contribution in [-0.4, -0.2) is 31.4 Å². The molecule has 4 heteroatoms. The first-order valence-electron chi connectivity index (χ1n) is 4.13. The zero-order chi connectivity index (χ0) is 8.81. The van der Waals surface area contributed by atoms with E-state index >= 15 is 0 Å². The van der Waals surface area contributed by atoms with Gasteiger partial charge >= 0.3 is 0 Å². The highest BCUT2D eigenvalue weighted by molar-refractivity contribution is 5.78. The molecule has 1 unspecified atom stereocenters. The molecule has 1 atom stereocenters. The molecule has 1 rings (SSSR count). The van der Waals surface area contributed by atoms with Gasteiger partial charge in [-0.2, -0.15) is 0 Å². The second-order valence-electron chi connectivity index (χ2n) is 2.83. The third kappa shape index (κ3) is 3.00. The van der Waals surface area contributed by atoms with E-state index in [0.29, 0.717) is 19.4 Å². The molecule has 0 bridgehead atoms. The normalized spacial score (nSPS) is 22.2. The Morgan fingerprint density at radius 3 is 3.08 bits per heavy atom. The molecular weight excluding hydrogens is 158 g/mol. The van der Waals surface area contributed by atoms with E-state index in [1.165, 1.54) is 0 Å². The SMILES string of the molecule is O=CCCC(=O)NC1CCOC1. The van der Waals surface area contributed by atoms with Crippen molar-refractivity contribution in [2.75, 3.05) is 13.2 Å². The third-order valence-electron chi connectivity index (χ3n) is 1.78. The summed E-state index contributed by atoms with van der Waals surface area (Å²) in [5.74, 6) is -0.0578. The van der Waals surface area contributed by atoms with Crippen LogP contribution in [0.2, 0.25) is 0 Å². The molecule has 0 spiro atoms. The largest absolute Gasteiger partial charge is 0.379 e. The average Bonchev–Trinajstić information content (AvgIpc) is 2.53. The Balaban J connectivity index is 2.11. The van der Waals surface area contributed by atoms with Gasteiger partial charge in [0.05, 0.1) is 12.6 Å². The molecule has 0 aliphatic carbocycles. The van der Waals surface area contributed by atoms with Crippen LogP contribution >= 0.6 is 0 Å². The fourth-order valence-corrected chi connectivity index (χ4v) is 1.14. The number of carbonyl (C=O) groups excluding carboxylic acids is 2. The number of nitrogens with one attached hydrogen (secondary N) is 1. The molecule has 0 radical (unpaired) electrons. The molecule has 1 amide bonds. The van der Waals surface area contributed by atoms with Crippen LogP contribution in [0.5, 0.6) is 0 Å². The van der Waals surface area contributed by atoms with Gasteiger partial charge in [-0.15, -0.1) is 0 Å². The molecule has 1 fully saturated rings. The molecule has 0 aromatic carbocycles. The summed E-state index contributed by atoms with van der Waals surface area (Å²) < 4.78 is 5.08. The fraction of sp³-hybridized carbons (Fsp3) is 0.750. The first-order chi connectivity index (χ1) is 5.83. The van der Waals surface area contributed by atoms with Crippen molar-refractivity contribution >= 4 is 12.2 Å². The van der Waals surface area contributed by atoms with E-state index in [0.717, 1.165) is 19.3 Å². The predicted molar refractivity (Wildman–Crippen MR) is 42.7 cm³/mol. The lowest BCUT2D eigenvalue weighted by Gasteiger charge is -2.08. The standard InChI is InChI=1S/C8H13NO3/c10-4-1-2-8(11)9-7-3-5-12-6-7/h4,7H,1-3,5-6H2,(H,9,11). The number of hydrogen-bond donors (Lipinski definition) is 1. The van der Waals surface area contributed by atoms with Crippen LogP contribution in [0.3, 0.4) is 0 Å². The van der Waals surface area contributed by atoms with E-state index in [1.807, 2.05) is 0 Å². The summed E-state index contributed by atoms with van der Waals surface area (Å²) in [5, 5.41) is 2.79. The lowest BCUT2D eigenvalue weighted by Crippen LogP contribution is -2.34. The highest BCUT2D eigenvalue weighted by atomic mass is 16.5. The Kier molecular flexibility index (Phi) is 3.73. The van der Waals surface area contributed by atoms with E-state index in [2.05, 4.69) is 5.32 Å². The fourth-order valence-electron chi connectivity index (χ4n) is 1.14. The van der Waals surface area contributed by atoms with Crippen LogP contribution < -0.4 is 5.32 Å². The molecule has 1 aliphatic heterocycles. The monoisotopic (exact) mass is 171 g/mol. The topological polar surface area (TPSA) is 55.4 Å². The van der Waals surface area contributed by atoms with Crippen LogP contribution in [0.25, 0.3) is 0 Å². The number of rotatable bonds is 4. The molecule has 68 valence electrons. The van der Waals surface area contributed by atoms with E-state index in [4.69, 9.17) is 4.74 Å². The van der Waals surface area contributed by atoms with Gasteiger partial charge in [-0.05, 0) is 6.42 Å². The lowest BCUT2D eigenvalue weighted by molar-refractivity contribution is -0.123. The summed E-state index contributed by atoms with van der Waals surface area (Å²) in [5.41, 5.74) is 0. The molecule has 0 aromatic rings. The van der Waals surface area contributed by atoms with Gasteiger partial charge in [-0.3, -0.25) is 4.79 Å². The average molecular weight is 171 g/mol. The molecule has 12 heavy (non-hydrogen) atoms. The maximum Gasteiger partial charge on any atom is 0.220 e. The zero-order valence-corrected chi connectivity index (χ0v) is 6.91. The number of hydrogen-bond acceptors (Lipinski definition) is 3. The van der Waals surface area contributed by atoms with Gasteiger partial charge in [0, 0.05) is 19.4 Å². The van der Waals surface area contributed by atoms with Crippen molar-refractivity contribution in [1.29, 1.82) is 0 Å². The highest BCUT2D eigenvalue weighted by Crippen LogP contribution is 2.03. The van der Waals surface area contributed by atoms with Crippen molar-refractivity contribution in [2.24, 2.45) is 0 Å². The molecule has 1 N–H and O–H groups in total. The number of aldehydes is 1. The highest BCUT2D eigenvalue weighted by Gasteiger charge is 2.16. The first kappa shape index (κ1) is 9.19. The summed E-state index contributed by atoms with van der Waals surface area (Å²) in [7, 11) is 0. The summed E-state index contributed by atoms with van der Waals surface area (Å²) in [6.07, 6.45) is 2.23. The Bertz CT molecular complexity index is 164. The zero-order valence-electron chi connectivity index (χ0n) is 6.91. The smallest absolute Gasteiger partial charge is 0.220 e. The second-order valence-corrected chi connectivity index (χ2v) is 2.83. The van der Waals surface area contributed by atoms with Crippen molar-refractivity contribution < 1.29 is 14.3 Å². The molecule has 0 saturated carbocycles. The Morgan fingerprint density at radius 1 is 1.67 bits per heavy atom. The van der Waals surface area contributed by atoms with E-state index in [-0.39, 0.29) is 11.9 Å².